The second-order valence-electron chi connectivity index (χ2n) is 7.64. The molecule has 0 saturated carbocycles. The molecule has 0 saturated heterocycles. The Morgan fingerprint density at radius 2 is 1.71 bits per heavy atom. The van der Waals surface area contributed by atoms with Crippen molar-refractivity contribution in [1.29, 1.82) is 0 Å². The van der Waals surface area contributed by atoms with E-state index in [9.17, 15) is 14.4 Å². The Morgan fingerprint density at radius 3 is 2.37 bits per heavy atom. The topological polar surface area (TPSA) is 139 Å². The fourth-order valence-corrected chi connectivity index (χ4v) is 4.03. The largest absolute Gasteiger partial charge is 0.445 e. The zero-order chi connectivity index (χ0) is 24.6. The van der Waals surface area contributed by atoms with Gasteiger partial charge in [0.1, 0.15) is 18.3 Å². The Morgan fingerprint density at radius 1 is 1.03 bits per heavy atom. The molecule has 1 atom stereocenters. The van der Waals surface area contributed by atoms with Crippen LogP contribution < -0.4 is 16.4 Å². The van der Waals surface area contributed by atoms with Crippen LogP contribution in [0.5, 0.6) is 0 Å². The highest BCUT2D eigenvalue weighted by Gasteiger charge is 2.23. The molecule has 0 unspecified atom stereocenters. The molecule has 5 N–H and O–H groups in total. The third kappa shape index (κ3) is 6.55. The SMILES string of the molecule is NC(=O)c1cc(-c2csc(NC(=O)[C@H](Cc3ccccc3)NC(=O)OCc3ccccc3)n2)c[nH]1. The molecule has 10 heteroatoms. The number of nitrogens with two attached hydrogens (primary N) is 1. The fraction of sp³-hybridized carbons (Fsp3) is 0.120. The number of ether oxygens (including phenoxy) is 1. The minimum absolute atomic E-state index is 0.0894. The number of benzene rings is 2. The van der Waals surface area contributed by atoms with Crippen molar-refractivity contribution in [3.63, 3.8) is 0 Å². The van der Waals surface area contributed by atoms with Gasteiger partial charge >= 0.3 is 6.09 Å². The molecule has 4 rings (SSSR count). The molecular formula is C25H23N5O4S. The summed E-state index contributed by atoms with van der Waals surface area (Å²) in [4.78, 5) is 44.0. The summed E-state index contributed by atoms with van der Waals surface area (Å²) in [6.45, 7) is 0.0894. The minimum Gasteiger partial charge on any atom is -0.445 e. The lowest BCUT2D eigenvalue weighted by atomic mass is 10.1. The predicted molar refractivity (Wildman–Crippen MR) is 133 cm³/mol. The van der Waals surface area contributed by atoms with E-state index in [0.717, 1.165) is 11.1 Å². The van der Waals surface area contributed by atoms with E-state index in [1.54, 1.807) is 17.6 Å². The third-order valence-corrected chi connectivity index (χ3v) is 5.84. The summed E-state index contributed by atoms with van der Waals surface area (Å²) in [7, 11) is 0. The van der Waals surface area contributed by atoms with Crippen LogP contribution in [0.15, 0.2) is 78.3 Å². The number of anilines is 1. The van der Waals surface area contributed by atoms with Crippen LogP contribution in [0.3, 0.4) is 0 Å². The van der Waals surface area contributed by atoms with Gasteiger partial charge in [-0.25, -0.2) is 9.78 Å². The highest BCUT2D eigenvalue weighted by molar-refractivity contribution is 7.14. The number of aromatic amines is 1. The van der Waals surface area contributed by atoms with Gasteiger partial charge in [-0.05, 0) is 17.2 Å². The van der Waals surface area contributed by atoms with Crippen LogP contribution in [0, 0.1) is 0 Å². The van der Waals surface area contributed by atoms with E-state index in [1.807, 2.05) is 60.7 Å². The summed E-state index contributed by atoms with van der Waals surface area (Å²) in [6, 6.07) is 19.3. The molecule has 0 aliphatic carbocycles. The first-order chi connectivity index (χ1) is 17.0. The minimum atomic E-state index is -0.887. The Balaban J connectivity index is 1.43. The summed E-state index contributed by atoms with van der Waals surface area (Å²) in [5, 5.41) is 7.51. The van der Waals surface area contributed by atoms with Crippen molar-refractivity contribution in [2.24, 2.45) is 5.73 Å². The summed E-state index contributed by atoms with van der Waals surface area (Å²) in [5.41, 5.74) is 8.50. The van der Waals surface area contributed by atoms with Crippen molar-refractivity contribution in [2.75, 3.05) is 5.32 Å². The normalized spacial score (nSPS) is 11.4. The number of alkyl carbamates (subject to hydrolysis) is 1. The van der Waals surface area contributed by atoms with Gasteiger partial charge in [0.25, 0.3) is 5.91 Å². The predicted octanol–water partition coefficient (Wildman–Crippen LogP) is 3.71. The Hall–Kier alpha value is -4.44. The zero-order valence-corrected chi connectivity index (χ0v) is 19.4. The molecule has 35 heavy (non-hydrogen) atoms. The molecule has 0 fully saturated rings. The molecule has 2 aromatic carbocycles. The first kappa shape index (κ1) is 23.7. The molecule has 0 aliphatic rings. The fourth-order valence-electron chi connectivity index (χ4n) is 3.31. The van der Waals surface area contributed by atoms with Gasteiger partial charge < -0.3 is 26.1 Å². The molecule has 0 radical (unpaired) electrons. The highest BCUT2D eigenvalue weighted by Crippen LogP contribution is 2.25. The van der Waals surface area contributed by atoms with Crippen molar-refractivity contribution >= 4 is 34.4 Å². The van der Waals surface area contributed by atoms with Gasteiger partial charge in [-0.15, -0.1) is 11.3 Å². The first-order valence-electron chi connectivity index (χ1n) is 10.7. The number of rotatable bonds is 9. The van der Waals surface area contributed by atoms with Crippen LogP contribution in [-0.4, -0.2) is 33.9 Å². The third-order valence-electron chi connectivity index (χ3n) is 5.08. The number of hydrogen-bond donors (Lipinski definition) is 4. The van der Waals surface area contributed by atoms with Gasteiger partial charge in [0.15, 0.2) is 5.13 Å². The summed E-state index contributed by atoms with van der Waals surface area (Å²) >= 11 is 1.22. The van der Waals surface area contributed by atoms with E-state index in [2.05, 4.69) is 20.6 Å². The van der Waals surface area contributed by atoms with Crippen LogP contribution in [0.4, 0.5) is 9.93 Å². The number of primary amides is 1. The maximum atomic E-state index is 13.1. The Labute approximate surface area is 205 Å². The monoisotopic (exact) mass is 489 g/mol. The lowest BCUT2D eigenvalue weighted by molar-refractivity contribution is -0.118. The number of H-pyrrole nitrogens is 1. The number of aromatic nitrogens is 2. The van der Waals surface area contributed by atoms with Crippen LogP contribution >= 0.6 is 11.3 Å². The van der Waals surface area contributed by atoms with Crippen molar-refractivity contribution in [3.05, 3.63) is 95.1 Å². The second-order valence-corrected chi connectivity index (χ2v) is 8.50. The summed E-state index contributed by atoms with van der Waals surface area (Å²) in [5.74, 6) is -1.01. The molecule has 4 aromatic rings. The average molecular weight is 490 g/mol. The summed E-state index contributed by atoms with van der Waals surface area (Å²) in [6.07, 6.45) is 1.19. The number of nitrogens with one attached hydrogen (secondary N) is 3. The number of thiazole rings is 1. The van der Waals surface area contributed by atoms with E-state index in [4.69, 9.17) is 10.5 Å². The Kier molecular flexibility index (Phi) is 7.53. The van der Waals surface area contributed by atoms with Gasteiger partial charge in [-0.3, -0.25) is 9.59 Å². The van der Waals surface area contributed by atoms with E-state index in [0.29, 0.717) is 16.4 Å². The molecule has 2 aromatic heterocycles. The van der Waals surface area contributed by atoms with Crippen LogP contribution in [0.2, 0.25) is 0 Å². The van der Waals surface area contributed by atoms with Crippen molar-refractivity contribution in [1.82, 2.24) is 15.3 Å². The van der Waals surface area contributed by atoms with Gasteiger partial charge in [0.2, 0.25) is 5.91 Å². The zero-order valence-electron chi connectivity index (χ0n) is 18.6. The van der Waals surface area contributed by atoms with E-state index >= 15 is 0 Å². The number of carbonyl (C=O) groups is 3. The molecular weight excluding hydrogens is 466 g/mol. The number of carbonyl (C=O) groups excluding carboxylic acids is 3. The maximum Gasteiger partial charge on any atom is 0.408 e. The van der Waals surface area contributed by atoms with E-state index in [-0.39, 0.29) is 18.7 Å². The van der Waals surface area contributed by atoms with Crippen LogP contribution in [0.1, 0.15) is 21.6 Å². The van der Waals surface area contributed by atoms with Crippen molar-refractivity contribution in [2.45, 2.75) is 19.1 Å². The smallest absolute Gasteiger partial charge is 0.408 e. The first-order valence-corrected chi connectivity index (χ1v) is 11.6. The molecule has 0 bridgehead atoms. The van der Waals surface area contributed by atoms with Crippen molar-refractivity contribution in [3.8, 4) is 11.3 Å². The van der Waals surface area contributed by atoms with Gasteiger partial charge in [0, 0.05) is 23.6 Å². The second kappa shape index (κ2) is 11.1. The van der Waals surface area contributed by atoms with Gasteiger partial charge in [0.05, 0.1) is 5.69 Å². The molecule has 2 heterocycles. The molecule has 9 nitrogen and oxygen atoms in total. The highest BCUT2D eigenvalue weighted by atomic mass is 32.1. The van der Waals surface area contributed by atoms with Crippen LogP contribution in [-0.2, 0) is 22.6 Å². The quantitative estimate of drug-likeness (QED) is 0.284. The van der Waals surface area contributed by atoms with E-state index < -0.39 is 23.9 Å². The standard InChI is InChI=1S/C25H23N5O4S/c26-22(31)19-12-18(13-27-19)21-15-35-24(28-21)30-23(32)20(11-16-7-3-1-4-8-16)29-25(33)34-14-17-9-5-2-6-10-17/h1-10,12-13,15,20,27H,11,14H2,(H2,26,31)(H,29,33)(H,28,30,32)/t20-/m0/s1. The average Bonchev–Trinajstić information content (AvgIpc) is 3.54. The van der Waals surface area contributed by atoms with Gasteiger partial charge in [-0.1, -0.05) is 60.7 Å². The molecule has 0 spiro atoms. The molecule has 3 amide bonds. The molecule has 178 valence electrons. The summed E-state index contributed by atoms with van der Waals surface area (Å²) < 4.78 is 5.30. The van der Waals surface area contributed by atoms with Gasteiger partial charge in [-0.2, -0.15) is 0 Å². The van der Waals surface area contributed by atoms with E-state index in [1.165, 1.54) is 11.3 Å². The van der Waals surface area contributed by atoms with Crippen molar-refractivity contribution < 1.29 is 19.1 Å². The number of amides is 3. The Bertz CT molecular complexity index is 1300. The molecule has 0 aliphatic heterocycles. The van der Waals surface area contributed by atoms with Crippen LogP contribution in [0.25, 0.3) is 11.3 Å². The lowest BCUT2D eigenvalue weighted by Gasteiger charge is -2.18. The lowest BCUT2D eigenvalue weighted by Crippen LogP contribution is -2.45. The number of hydrogen-bond acceptors (Lipinski definition) is 6. The maximum absolute atomic E-state index is 13.1. The number of nitrogens with zero attached hydrogens (tertiary/aromatic N) is 1.